The van der Waals surface area contributed by atoms with Crippen LogP contribution < -0.4 is 0 Å². The van der Waals surface area contributed by atoms with Crippen molar-refractivity contribution < 1.29 is 45.4 Å². The Labute approximate surface area is 151 Å². The molecule has 0 amide bonds. The molecule has 0 radical (unpaired) electrons. The Morgan fingerprint density at radius 3 is 2.11 bits per heavy atom. The molecule has 0 aromatic heterocycles. The number of ether oxygens (including phenoxy) is 1. The molecule has 0 spiro atoms. The number of aryl methyl sites for hydroxylation is 1. The lowest BCUT2D eigenvalue weighted by atomic mass is 9.97. The van der Waals surface area contributed by atoms with Crippen molar-refractivity contribution in [1.82, 2.24) is 0 Å². The topological polar surface area (TPSA) is 46.5 Å². The summed E-state index contributed by atoms with van der Waals surface area (Å²) in [5.74, 6) is -11.9. The highest BCUT2D eigenvalue weighted by Gasteiger charge is 2.72. The molecule has 154 valence electrons. The first-order valence-corrected chi connectivity index (χ1v) is 7.98. The fraction of sp³-hybridized carbons (Fsp3) is 0.588. The fourth-order valence-corrected chi connectivity index (χ4v) is 2.29. The molecule has 0 aliphatic rings. The molecule has 0 bridgehead atoms. The van der Waals surface area contributed by atoms with E-state index in [4.69, 9.17) is 0 Å². The molecule has 1 atom stereocenters. The second-order valence-corrected chi connectivity index (χ2v) is 6.00. The van der Waals surface area contributed by atoms with Crippen molar-refractivity contribution in [3.63, 3.8) is 0 Å². The van der Waals surface area contributed by atoms with Gasteiger partial charge in [0.2, 0.25) is 0 Å². The third kappa shape index (κ3) is 6.08. The summed E-state index contributed by atoms with van der Waals surface area (Å²) < 4.78 is 92.9. The van der Waals surface area contributed by atoms with Crippen molar-refractivity contribution in [3.8, 4) is 0 Å². The normalized spacial score (nSPS) is 14.1. The summed E-state index contributed by atoms with van der Waals surface area (Å²) in [5, 5.41) is 9.80. The van der Waals surface area contributed by atoms with Gasteiger partial charge in [-0.05, 0) is 30.4 Å². The van der Waals surface area contributed by atoms with Gasteiger partial charge in [0, 0.05) is 12.8 Å². The number of aliphatic hydroxyl groups excluding tert-OH is 1. The molecule has 0 saturated carbocycles. The predicted molar refractivity (Wildman–Crippen MR) is 81.5 cm³/mol. The van der Waals surface area contributed by atoms with E-state index in [9.17, 15) is 40.6 Å². The zero-order valence-electron chi connectivity index (χ0n) is 14.3. The standard InChI is InChI=1S/C17H19F7O3/c1-27-14(26)4-2-3-11-5-7-12(8-6-11)13(25)9-10-15(18,19)16(20,21)17(22,23)24/h5-8,13,25H,2-4,9-10H2,1H3. The summed E-state index contributed by atoms with van der Waals surface area (Å²) in [6, 6.07) is 5.80. The number of carbonyl (C=O) groups is 1. The minimum atomic E-state index is -6.38. The lowest BCUT2D eigenvalue weighted by molar-refractivity contribution is -0.356. The number of methoxy groups -OCH3 is 1. The molecule has 1 N–H and O–H groups in total. The summed E-state index contributed by atoms with van der Waals surface area (Å²) in [7, 11) is 1.26. The van der Waals surface area contributed by atoms with Gasteiger partial charge in [-0.15, -0.1) is 0 Å². The van der Waals surface area contributed by atoms with Crippen LogP contribution in [0.3, 0.4) is 0 Å². The smallest absolute Gasteiger partial charge is 0.459 e. The molecule has 1 unspecified atom stereocenters. The van der Waals surface area contributed by atoms with Gasteiger partial charge in [-0.25, -0.2) is 0 Å². The molecule has 0 aliphatic carbocycles. The van der Waals surface area contributed by atoms with E-state index in [1.807, 2.05) is 0 Å². The molecular weight excluding hydrogens is 385 g/mol. The molecular formula is C17H19F7O3. The number of rotatable bonds is 9. The first-order valence-electron chi connectivity index (χ1n) is 7.98. The van der Waals surface area contributed by atoms with Crippen LogP contribution in [0.25, 0.3) is 0 Å². The molecule has 1 aromatic carbocycles. The number of halogens is 7. The van der Waals surface area contributed by atoms with Gasteiger partial charge >= 0.3 is 24.0 Å². The van der Waals surface area contributed by atoms with Gasteiger partial charge in [-0.1, -0.05) is 24.3 Å². The van der Waals surface area contributed by atoms with Gasteiger partial charge in [-0.3, -0.25) is 4.79 Å². The quantitative estimate of drug-likeness (QED) is 0.474. The maximum Gasteiger partial charge on any atom is 0.459 e. The number of carbonyl (C=O) groups excluding carboxylic acids is 1. The fourth-order valence-electron chi connectivity index (χ4n) is 2.29. The molecule has 1 aromatic rings. The van der Waals surface area contributed by atoms with Crippen LogP contribution in [0.1, 0.15) is 42.9 Å². The van der Waals surface area contributed by atoms with Crippen LogP contribution in [0.15, 0.2) is 24.3 Å². The SMILES string of the molecule is COC(=O)CCCc1ccc(C(O)CCC(F)(F)C(F)(F)C(F)(F)F)cc1. The molecule has 10 heteroatoms. The number of esters is 1. The number of hydrogen-bond donors (Lipinski definition) is 1. The summed E-state index contributed by atoms with van der Waals surface area (Å²) in [6.45, 7) is 0. The lowest BCUT2D eigenvalue weighted by Gasteiger charge is -2.28. The zero-order chi connectivity index (χ0) is 20.9. The van der Waals surface area contributed by atoms with Crippen molar-refractivity contribution in [1.29, 1.82) is 0 Å². The molecule has 3 nitrogen and oxygen atoms in total. The molecule has 0 aliphatic heterocycles. The summed E-state index contributed by atoms with van der Waals surface area (Å²) in [5.41, 5.74) is 0.877. The Balaban J connectivity index is 2.62. The molecule has 0 saturated heterocycles. The Hall–Kier alpha value is -1.84. The minimum absolute atomic E-state index is 0.109. The van der Waals surface area contributed by atoms with Crippen molar-refractivity contribution in [2.45, 2.75) is 56.2 Å². The molecule has 27 heavy (non-hydrogen) atoms. The van der Waals surface area contributed by atoms with Crippen molar-refractivity contribution >= 4 is 5.97 Å². The highest BCUT2D eigenvalue weighted by atomic mass is 19.4. The van der Waals surface area contributed by atoms with E-state index in [0.717, 1.165) is 5.56 Å². The first-order chi connectivity index (χ1) is 12.3. The summed E-state index contributed by atoms with van der Waals surface area (Å²) in [4.78, 5) is 11.0. The van der Waals surface area contributed by atoms with E-state index >= 15 is 0 Å². The van der Waals surface area contributed by atoms with Gasteiger partial charge in [0.05, 0.1) is 13.2 Å². The van der Waals surface area contributed by atoms with Gasteiger partial charge in [0.1, 0.15) is 0 Å². The monoisotopic (exact) mass is 404 g/mol. The van der Waals surface area contributed by atoms with E-state index in [1.165, 1.54) is 31.4 Å². The minimum Gasteiger partial charge on any atom is -0.469 e. The van der Waals surface area contributed by atoms with Crippen molar-refractivity contribution in [2.24, 2.45) is 0 Å². The van der Waals surface area contributed by atoms with E-state index in [-0.39, 0.29) is 18.0 Å². The second kappa shape index (κ2) is 8.90. The van der Waals surface area contributed by atoms with Crippen LogP contribution in [0.2, 0.25) is 0 Å². The average molecular weight is 404 g/mol. The number of benzene rings is 1. The lowest BCUT2D eigenvalue weighted by Crippen LogP contribution is -2.51. The third-order valence-corrected chi connectivity index (χ3v) is 3.99. The summed E-state index contributed by atoms with van der Waals surface area (Å²) >= 11 is 0. The third-order valence-electron chi connectivity index (χ3n) is 3.99. The van der Waals surface area contributed by atoms with Crippen molar-refractivity contribution in [2.75, 3.05) is 7.11 Å². The Kier molecular flexibility index (Phi) is 7.65. The van der Waals surface area contributed by atoms with Gasteiger partial charge in [-0.2, -0.15) is 30.7 Å². The molecule has 1 rings (SSSR count). The van der Waals surface area contributed by atoms with Gasteiger partial charge < -0.3 is 9.84 Å². The second-order valence-electron chi connectivity index (χ2n) is 6.00. The Morgan fingerprint density at radius 1 is 1.07 bits per heavy atom. The van der Waals surface area contributed by atoms with Crippen LogP contribution in [-0.4, -0.2) is 36.2 Å². The van der Waals surface area contributed by atoms with E-state index in [2.05, 4.69) is 4.74 Å². The van der Waals surface area contributed by atoms with E-state index < -0.39 is 37.0 Å². The largest absolute Gasteiger partial charge is 0.469 e. The van der Waals surface area contributed by atoms with Gasteiger partial charge in [0.15, 0.2) is 0 Å². The predicted octanol–water partition coefficient (Wildman–Crippen LogP) is 4.83. The van der Waals surface area contributed by atoms with Crippen LogP contribution in [-0.2, 0) is 16.0 Å². The first kappa shape index (κ1) is 23.2. The van der Waals surface area contributed by atoms with Crippen LogP contribution >= 0.6 is 0 Å². The maximum absolute atomic E-state index is 13.3. The average Bonchev–Trinajstić information content (AvgIpc) is 2.59. The van der Waals surface area contributed by atoms with Crippen LogP contribution in [0, 0.1) is 0 Å². The maximum atomic E-state index is 13.3. The van der Waals surface area contributed by atoms with E-state index in [0.29, 0.717) is 12.8 Å². The number of hydrogen-bond acceptors (Lipinski definition) is 3. The van der Waals surface area contributed by atoms with Crippen LogP contribution in [0.5, 0.6) is 0 Å². The number of aliphatic hydroxyl groups is 1. The summed E-state index contributed by atoms with van der Waals surface area (Å²) in [6.07, 6.45) is -9.61. The van der Waals surface area contributed by atoms with Gasteiger partial charge in [0.25, 0.3) is 0 Å². The van der Waals surface area contributed by atoms with Crippen LogP contribution in [0.4, 0.5) is 30.7 Å². The molecule has 0 heterocycles. The highest BCUT2D eigenvalue weighted by molar-refractivity contribution is 5.69. The highest BCUT2D eigenvalue weighted by Crippen LogP contribution is 2.49. The number of alkyl halides is 7. The Morgan fingerprint density at radius 2 is 1.63 bits per heavy atom. The zero-order valence-corrected chi connectivity index (χ0v) is 14.3. The molecule has 0 fully saturated rings. The van der Waals surface area contributed by atoms with Crippen molar-refractivity contribution in [3.05, 3.63) is 35.4 Å². The van der Waals surface area contributed by atoms with E-state index in [1.54, 1.807) is 0 Å². The Bertz CT molecular complexity index is 612.